The summed E-state index contributed by atoms with van der Waals surface area (Å²) in [6.45, 7) is 2.04. The van der Waals surface area contributed by atoms with Gasteiger partial charge in [0.05, 0.1) is 27.2 Å². The molecule has 0 aromatic carbocycles. The van der Waals surface area contributed by atoms with E-state index in [-0.39, 0.29) is 11.9 Å². The molecule has 0 bridgehead atoms. The number of carbonyl (C=O) groups is 1. The summed E-state index contributed by atoms with van der Waals surface area (Å²) >= 11 is 0. The summed E-state index contributed by atoms with van der Waals surface area (Å²) in [6.07, 6.45) is 0. The molecular weight excluding hydrogens is 250 g/mol. The van der Waals surface area contributed by atoms with Gasteiger partial charge in [0.1, 0.15) is 6.54 Å². The zero-order valence-corrected chi connectivity index (χ0v) is 11.0. The topological polar surface area (TPSA) is 127 Å². The summed E-state index contributed by atoms with van der Waals surface area (Å²) in [6, 6.07) is 1.66. The van der Waals surface area contributed by atoms with Crippen molar-refractivity contribution >= 4 is 16.3 Å². The van der Waals surface area contributed by atoms with Crippen LogP contribution in [-0.2, 0) is 15.2 Å². The number of nitriles is 1. The van der Waals surface area contributed by atoms with Crippen LogP contribution in [0.4, 0.5) is 0 Å². The molecule has 0 spiro atoms. The van der Waals surface area contributed by atoms with E-state index in [4.69, 9.17) is 22.8 Å². The molecule has 0 saturated carbocycles. The number of likely N-dealkylation sites (N-methyl/N-ethyl adjacent to an activating group) is 1. The smallest absolute Gasteiger partial charge is 0.336 e. The molecule has 0 heterocycles. The maximum absolute atomic E-state index is 10.6. The van der Waals surface area contributed by atoms with Crippen molar-refractivity contribution in [2.75, 3.05) is 27.7 Å². The van der Waals surface area contributed by atoms with Crippen LogP contribution in [0.25, 0.3) is 0 Å². The minimum Gasteiger partial charge on any atom is -0.336 e. The molecule has 9 heteroatoms. The normalized spacial score (nSPS) is 12.8. The van der Waals surface area contributed by atoms with Gasteiger partial charge in [-0.2, -0.15) is 13.7 Å². The van der Waals surface area contributed by atoms with E-state index in [1.165, 1.54) is 6.92 Å². The lowest BCUT2D eigenvalue weighted by molar-refractivity contribution is -0.870. The second kappa shape index (κ2) is 7.18. The molecule has 1 atom stereocenters. The SMILES string of the molecule is CC(=O)NC(C#N)C[N+](C)(C)C.O=S(=O)(O)O. The monoisotopic (exact) mass is 268 g/mol. The Morgan fingerprint density at radius 3 is 1.94 bits per heavy atom. The van der Waals surface area contributed by atoms with Crippen LogP contribution < -0.4 is 5.32 Å². The number of amides is 1. The van der Waals surface area contributed by atoms with Crippen molar-refractivity contribution in [1.29, 1.82) is 5.26 Å². The Labute approximate surface area is 101 Å². The number of quaternary nitrogens is 1. The van der Waals surface area contributed by atoms with Crippen molar-refractivity contribution in [1.82, 2.24) is 5.32 Å². The molecular formula is C8H18N3O5S+. The maximum atomic E-state index is 10.6. The summed E-state index contributed by atoms with van der Waals surface area (Å²) in [5, 5.41) is 11.2. The second-order valence-electron chi connectivity index (χ2n) is 4.30. The maximum Gasteiger partial charge on any atom is 0.394 e. The molecule has 1 unspecified atom stereocenters. The first-order chi connectivity index (χ1) is 7.35. The second-order valence-corrected chi connectivity index (χ2v) is 5.20. The van der Waals surface area contributed by atoms with Crippen LogP contribution in [0.2, 0.25) is 0 Å². The van der Waals surface area contributed by atoms with Crippen molar-refractivity contribution < 1.29 is 26.8 Å². The molecule has 0 rings (SSSR count). The van der Waals surface area contributed by atoms with Crippen LogP contribution in [0, 0.1) is 11.3 Å². The Hall–Kier alpha value is -1.21. The average molecular weight is 268 g/mol. The Bertz CT molecular complexity index is 371. The van der Waals surface area contributed by atoms with Crippen molar-refractivity contribution in [2.45, 2.75) is 13.0 Å². The predicted molar refractivity (Wildman–Crippen MR) is 60.3 cm³/mol. The van der Waals surface area contributed by atoms with Gasteiger partial charge in [-0.15, -0.1) is 0 Å². The quantitative estimate of drug-likeness (QED) is 0.448. The van der Waals surface area contributed by atoms with Gasteiger partial charge in [0.2, 0.25) is 5.91 Å². The fourth-order valence-corrected chi connectivity index (χ4v) is 0.912. The number of nitrogens with zero attached hydrogens (tertiary/aromatic N) is 2. The molecule has 1 amide bonds. The van der Waals surface area contributed by atoms with Crippen LogP contribution >= 0.6 is 0 Å². The molecule has 0 saturated heterocycles. The largest absolute Gasteiger partial charge is 0.394 e. The zero-order valence-electron chi connectivity index (χ0n) is 10.2. The summed E-state index contributed by atoms with van der Waals surface area (Å²) in [5.74, 6) is -0.157. The van der Waals surface area contributed by atoms with Crippen LogP contribution in [0.3, 0.4) is 0 Å². The first-order valence-electron chi connectivity index (χ1n) is 4.52. The highest BCUT2D eigenvalue weighted by Crippen LogP contribution is 1.93. The molecule has 0 fully saturated rings. The van der Waals surface area contributed by atoms with Crippen molar-refractivity contribution in [3.05, 3.63) is 0 Å². The van der Waals surface area contributed by atoms with E-state index < -0.39 is 10.4 Å². The van der Waals surface area contributed by atoms with E-state index >= 15 is 0 Å². The minimum absolute atomic E-state index is 0.157. The molecule has 0 aromatic rings. The molecule has 0 aliphatic rings. The average Bonchev–Trinajstić information content (AvgIpc) is 1.95. The van der Waals surface area contributed by atoms with E-state index in [1.54, 1.807) is 0 Å². The molecule has 100 valence electrons. The summed E-state index contributed by atoms with van der Waals surface area (Å²) in [4.78, 5) is 10.6. The number of carbonyl (C=O) groups excluding carboxylic acids is 1. The van der Waals surface area contributed by atoms with Gasteiger partial charge in [-0.05, 0) is 0 Å². The lowest BCUT2D eigenvalue weighted by atomic mass is 10.3. The number of hydrogen-bond acceptors (Lipinski definition) is 4. The van der Waals surface area contributed by atoms with E-state index in [9.17, 15) is 4.79 Å². The van der Waals surface area contributed by atoms with E-state index in [0.717, 1.165) is 0 Å². The minimum atomic E-state index is -4.67. The summed E-state index contributed by atoms with van der Waals surface area (Å²) < 4.78 is 32.2. The van der Waals surface area contributed by atoms with Crippen molar-refractivity contribution in [2.24, 2.45) is 0 Å². The molecule has 17 heavy (non-hydrogen) atoms. The fraction of sp³-hybridized carbons (Fsp3) is 0.750. The lowest BCUT2D eigenvalue weighted by Crippen LogP contribution is -2.47. The Morgan fingerprint density at radius 1 is 1.41 bits per heavy atom. The van der Waals surface area contributed by atoms with E-state index in [1.807, 2.05) is 27.2 Å². The molecule has 0 aliphatic carbocycles. The van der Waals surface area contributed by atoms with Gasteiger partial charge < -0.3 is 9.80 Å². The van der Waals surface area contributed by atoms with Gasteiger partial charge in [-0.3, -0.25) is 13.9 Å². The Kier molecular flexibility index (Phi) is 7.67. The molecule has 0 aliphatic heterocycles. The Morgan fingerprint density at radius 2 is 1.76 bits per heavy atom. The predicted octanol–water partition coefficient (Wildman–Crippen LogP) is -0.932. The Balaban J connectivity index is 0. The van der Waals surface area contributed by atoms with Gasteiger partial charge in [0, 0.05) is 6.92 Å². The van der Waals surface area contributed by atoms with Crippen LogP contribution in [-0.4, -0.2) is 61.6 Å². The lowest BCUT2D eigenvalue weighted by Gasteiger charge is -2.26. The third kappa shape index (κ3) is 25.2. The summed E-state index contributed by atoms with van der Waals surface area (Å²) in [5.41, 5.74) is 0. The van der Waals surface area contributed by atoms with Gasteiger partial charge in [0.15, 0.2) is 6.04 Å². The number of rotatable bonds is 3. The number of hydrogen-bond donors (Lipinski definition) is 3. The van der Waals surface area contributed by atoms with E-state index in [2.05, 4.69) is 5.32 Å². The van der Waals surface area contributed by atoms with Crippen LogP contribution in [0.5, 0.6) is 0 Å². The summed E-state index contributed by atoms with van der Waals surface area (Å²) in [7, 11) is 1.27. The first kappa shape index (κ1) is 18.2. The van der Waals surface area contributed by atoms with Crippen LogP contribution in [0.15, 0.2) is 0 Å². The highest BCUT2D eigenvalue weighted by Gasteiger charge is 2.17. The van der Waals surface area contributed by atoms with Crippen molar-refractivity contribution in [3.8, 4) is 6.07 Å². The molecule has 3 N–H and O–H groups in total. The van der Waals surface area contributed by atoms with Gasteiger partial charge in [-0.25, -0.2) is 0 Å². The third-order valence-corrected chi connectivity index (χ3v) is 1.26. The van der Waals surface area contributed by atoms with Gasteiger partial charge in [0.25, 0.3) is 0 Å². The molecule has 0 radical (unpaired) electrons. The third-order valence-electron chi connectivity index (χ3n) is 1.26. The fourth-order valence-electron chi connectivity index (χ4n) is 0.912. The van der Waals surface area contributed by atoms with Crippen molar-refractivity contribution in [3.63, 3.8) is 0 Å². The first-order valence-corrected chi connectivity index (χ1v) is 5.92. The molecule has 0 aromatic heterocycles. The highest BCUT2D eigenvalue weighted by atomic mass is 32.3. The van der Waals surface area contributed by atoms with Gasteiger partial charge in [-0.1, -0.05) is 0 Å². The van der Waals surface area contributed by atoms with Gasteiger partial charge >= 0.3 is 10.4 Å². The van der Waals surface area contributed by atoms with E-state index in [0.29, 0.717) is 11.0 Å². The number of nitrogens with one attached hydrogen (secondary N) is 1. The zero-order chi connectivity index (χ0) is 14.3. The standard InChI is InChI=1S/C8H15N3O.H2O4S/c1-7(12)10-8(5-9)6-11(2,3)4;1-5(2,3)4/h8H,6H2,1-4H3;(H2,1,2,3,4)/p+1. The molecule has 8 nitrogen and oxygen atoms in total. The van der Waals surface area contributed by atoms with Crippen LogP contribution in [0.1, 0.15) is 6.92 Å². The highest BCUT2D eigenvalue weighted by molar-refractivity contribution is 7.79.